The fraction of sp³-hybridized carbons (Fsp3) is 0.438. The lowest BCUT2D eigenvalue weighted by molar-refractivity contribution is -0.166. The third kappa shape index (κ3) is 3.65. The summed E-state index contributed by atoms with van der Waals surface area (Å²) in [5, 5.41) is 7.23. The van der Waals surface area contributed by atoms with E-state index in [9.17, 15) is 9.59 Å². The third-order valence-corrected chi connectivity index (χ3v) is 8.89. The van der Waals surface area contributed by atoms with E-state index in [1.807, 2.05) is 27.7 Å². The van der Waals surface area contributed by atoms with Crippen molar-refractivity contribution < 1.29 is 19.1 Å². The molecule has 2 bridgehead atoms. The topological polar surface area (TPSA) is 52.6 Å². The third-order valence-electron chi connectivity index (χ3n) is 8.89. The molecular weight excluding hydrogens is 448 g/mol. The van der Waals surface area contributed by atoms with E-state index >= 15 is 0 Å². The molecule has 0 saturated heterocycles. The average molecular weight is 483 g/mol. The molecule has 4 aromatic rings. The van der Waals surface area contributed by atoms with Crippen LogP contribution >= 0.6 is 0 Å². The first-order valence-electron chi connectivity index (χ1n) is 13.4. The van der Waals surface area contributed by atoms with Gasteiger partial charge in [0.1, 0.15) is 11.7 Å². The van der Waals surface area contributed by atoms with Crippen LogP contribution in [-0.4, -0.2) is 18.0 Å². The highest BCUT2D eigenvalue weighted by Crippen LogP contribution is 2.51. The predicted octanol–water partition coefficient (Wildman–Crippen LogP) is 7.37. The molecule has 5 unspecified atom stereocenters. The number of esters is 2. The normalized spacial score (nSPS) is 24.6. The molecule has 186 valence electrons. The van der Waals surface area contributed by atoms with Crippen LogP contribution in [0.3, 0.4) is 0 Å². The van der Waals surface area contributed by atoms with E-state index in [-0.39, 0.29) is 41.7 Å². The number of carbonyl (C=O) groups excluding carboxylic acids is 2. The minimum atomic E-state index is -0.772. The first-order chi connectivity index (χ1) is 17.3. The van der Waals surface area contributed by atoms with Gasteiger partial charge in [-0.25, -0.2) is 0 Å². The van der Waals surface area contributed by atoms with Gasteiger partial charge in [0.05, 0.1) is 11.8 Å². The second-order valence-electron chi connectivity index (χ2n) is 11.5. The summed E-state index contributed by atoms with van der Waals surface area (Å²) < 4.78 is 12.1. The van der Waals surface area contributed by atoms with Crippen molar-refractivity contribution in [3.63, 3.8) is 0 Å². The van der Waals surface area contributed by atoms with Crippen molar-refractivity contribution >= 4 is 44.3 Å². The van der Waals surface area contributed by atoms with E-state index in [4.69, 9.17) is 9.47 Å². The number of hydrogen-bond acceptors (Lipinski definition) is 4. The molecule has 0 aliphatic heterocycles. The fourth-order valence-corrected chi connectivity index (χ4v) is 6.73. The molecule has 5 atom stereocenters. The van der Waals surface area contributed by atoms with Crippen LogP contribution in [0.4, 0.5) is 0 Å². The maximum atomic E-state index is 13.5. The lowest BCUT2D eigenvalue weighted by atomic mass is 9.85. The van der Waals surface area contributed by atoms with Crippen molar-refractivity contribution in [1.82, 2.24) is 0 Å². The summed E-state index contributed by atoms with van der Waals surface area (Å²) in [4.78, 5) is 25.8. The van der Waals surface area contributed by atoms with Crippen LogP contribution in [0.2, 0.25) is 0 Å². The molecule has 2 aliphatic carbocycles. The first kappa shape index (κ1) is 23.3. The summed E-state index contributed by atoms with van der Waals surface area (Å²) in [5.41, 5.74) is 0.266. The van der Waals surface area contributed by atoms with Gasteiger partial charge in [0.2, 0.25) is 0 Å². The molecule has 0 heterocycles. The minimum Gasteiger partial charge on any atom is -0.462 e. The highest BCUT2D eigenvalue weighted by molar-refractivity contribution is 6.23. The van der Waals surface area contributed by atoms with Gasteiger partial charge in [-0.3, -0.25) is 9.59 Å². The summed E-state index contributed by atoms with van der Waals surface area (Å²) in [5.74, 6) is 0.0637. The molecule has 36 heavy (non-hydrogen) atoms. The van der Waals surface area contributed by atoms with Crippen molar-refractivity contribution in [2.45, 2.75) is 65.1 Å². The second kappa shape index (κ2) is 8.47. The van der Waals surface area contributed by atoms with Gasteiger partial charge in [0.15, 0.2) is 0 Å². The molecule has 4 aromatic carbocycles. The number of rotatable bonds is 6. The number of fused-ring (bicyclic) bond motifs is 2. The molecule has 0 amide bonds. The Labute approximate surface area is 212 Å². The lowest BCUT2D eigenvalue weighted by Gasteiger charge is -2.32. The lowest BCUT2D eigenvalue weighted by Crippen LogP contribution is -2.35. The molecule has 2 saturated carbocycles. The van der Waals surface area contributed by atoms with E-state index < -0.39 is 5.60 Å². The fourth-order valence-electron chi connectivity index (χ4n) is 6.73. The zero-order valence-electron chi connectivity index (χ0n) is 21.5. The number of ether oxygens (including phenoxy) is 2. The van der Waals surface area contributed by atoms with Crippen molar-refractivity contribution in [2.24, 2.45) is 23.7 Å². The SMILES string of the molecule is CCC(C)C(=O)OC1CC2CC1CC2C(=O)OC(C)(C)c1cc2cccc3ccc4cccc1c4c32. The molecular formula is C32H34O4. The molecule has 2 aliphatic rings. The molecule has 4 nitrogen and oxygen atoms in total. The zero-order chi connectivity index (χ0) is 25.2. The number of hydrogen-bond donors (Lipinski definition) is 0. The summed E-state index contributed by atoms with van der Waals surface area (Å²) in [6.45, 7) is 7.93. The average Bonchev–Trinajstić information content (AvgIpc) is 3.47. The summed E-state index contributed by atoms with van der Waals surface area (Å²) in [7, 11) is 0. The van der Waals surface area contributed by atoms with E-state index in [0.29, 0.717) is 0 Å². The Bertz CT molecular complexity index is 1470. The molecule has 0 N–H and O–H groups in total. The number of benzene rings is 4. The monoisotopic (exact) mass is 482 g/mol. The summed E-state index contributed by atoms with van der Waals surface area (Å²) in [6, 6.07) is 19.3. The van der Waals surface area contributed by atoms with Gasteiger partial charge in [0.25, 0.3) is 0 Å². The standard InChI is InChI=1S/C32H34O4/c1-5-18(2)30(33)35-27-17-22-14-23(27)15-25(22)31(34)36-32(3,4)26-16-21-10-6-8-19-12-13-20-9-7-11-24(26)29(20)28(19)21/h6-13,16,18,22-23,25,27H,5,14-15,17H2,1-4H3. The maximum Gasteiger partial charge on any atom is 0.310 e. The Morgan fingerprint density at radius 2 is 1.61 bits per heavy atom. The molecule has 0 spiro atoms. The van der Waals surface area contributed by atoms with Crippen molar-refractivity contribution in [3.05, 3.63) is 60.2 Å². The van der Waals surface area contributed by atoms with Gasteiger partial charge in [0, 0.05) is 5.56 Å². The van der Waals surface area contributed by atoms with Crippen LogP contribution in [-0.2, 0) is 24.7 Å². The van der Waals surface area contributed by atoms with Crippen LogP contribution in [0.1, 0.15) is 58.9 Å². The highest BCUT2D eigenvalue weighted by Gasteiger charge is 2.51. The zero-order valence-corrected chi connectivity index (χ0v) is 21.5. The van der Waals surface area contributed by atoms with Crippen LogP contribution < -0.4 is 0 Å². The second-order valence-corrected chi connectivity index (χ2v) is 11.5. The van der Waals surface area contributed by atoms with Crippen LogP contribution in [0.15, 0.2) is 54.6 Å². The van der Waals surface area contributed by atoms with Crippen molar-refractivity contribution in [1.29, 1.82) is 0 Å². The Hall–Kier alpha value is -3.14. The molecule has 0 aromatic heterocycles. The van der Waals surface area contributed by atoms with Crippen molar-refractivity contribution in [3.8, 4) is 0 Å². The van der Waals surface area contributed by atoms with Gasteiger partial charge in [-0.1, -0.05) is 62.4 Å². The Morgan fingerprint density at radius 3 is 2.31 bits per heavy atom. The molecule has 2 fully saturated rings. The van der Waals surface area contributed by atoms with E-state index in [1.54, 1.807) is 0 Å². The summed E-state index contributed by atoms with van der Waals surface area (Å²) in [6.07, 6.45) is 3.19. The quantitative estimate of drug-likeness (QED) is 0.213. The minimum absolute atomic E-state index is 0.0517. The van der Waals surface area contributed by atoms with Gasteiger partial charge in [-0.15, -0.1) is 0 Å². The van der Waals surface area contributed by atoms with E-state index in [1.165, 1.54) is 26.9 Å². The number of carbonyl (C=O) groups is 2. The first-order valence-corrected chi connectivity index (χ1v) is 13.4. The van der Waals surface area contributed by atoms with Gasteiger partial charge >= 0.3 is 11.9 Å². The van der Waals surface area contributed by atoms with Crippen LogP contribution in [0, 0.1) is 23.7 Å². The van der Waals surface area contributed by atoms with Crippen LogP contribution in [0.5, 0.6) is 0 Å². The van der Waals surface area contributed by atoms with E-state index in [0.717, 1.165) is 36.6 Å². The van der Waals surface area contributed by atoms with Gasteiger partial charge in [-0.2, -0.15) is 0 Å². The molecule has 0 radical (unpaired) electrons. The predicted molar refractivity (Wildman–Crippen MR) is 143 cm³/mol. The largest absolute Gasteiger partial charge is 0.462 e. The molecule has 6 rings (SSSR count). The smallest absolute Gasteiger partial charge is 0.310 e. The van der Waals surface area contributed by atoms with E-state index in [2.05, 4.69) is 54.6 Å². The maximum absolute atomic E-state index is 13.5. The Morgan fingerprint density at radius 1 is 0.917 bits per heavy atom. The van der Waals surface area contributed by atoms with Crippen LogP contribution in [0.25, 0.3) is 32.3 Å². The van der Waals surface area contributed by atoms with Crippen molar-refractivity contribution in [2.75, 3.05) is 0 Å². The highest BCUT2D eigenvalue weighted by atomic mass is 16.6. The van der Waals surface area contributed by atoms with Gasteiger partial charge in [-0.05, 0) is 89.8 Å². The van der Waals surface area contributed by atoms with Gasteiger partial charge < -0.3 is 9.47 Å². The summed E-state index contributed by atoms with van der Waals surface area (Å²) >= 11 is 0. The molecule has 4 heteroatoms. The Kier molecular flexibility index (Phi) is 5.47. The Balaban J connectivity index is 1.25.